The maximum atomic E-state index is 12.3. The smallest absolute Gasteiger partial charge is 0.241 e. The van der Waals surface area contributed by atoms with Crippen LogP contribution in [0.4, 0.5) is 5.69 Å². The van der Waals surface area contributed by atoms with Gasteiger partial charge in [-0.2, -0.15) is 5.26 Å². The van der Waals surface area contributed by atoms with E-state index in [4.69, 9.17) is 11.0 Å². The molecule has 0 aliphatic rings. The zero-order valence-corrected chi connectivity index (χ0v) is 12.9. The molecule has 1 aromatic heterocycles. The molecule has 1 unspecified atom stereocenters. The van der Waals surface area contributed by atoms with Gasteiger partial charge in [0.1, 0.15) is 6.07 Å². The highest BCUT2D eigenvalue weighted by Crippen LogP contribution is 2.20. The van der Waals surface area contributed by atoms with Crippen molar-refractivity contribution in [2.75, 3.05) is 12.3 Å². The van der Waals surface area contributed by atoms with Crippen molar-refractivity contribution in [3.05, 3.63) is 40.3 Å². The van der Waals surface area contributed by atoms with Crippen LogP contribution in [0.15, 0.2) is 34.7 Å². The number of nitrogen functional groups attached to an aromatic ring is 1. The number of anilines is 1. The quantitative estimate of drug-likeness (QED) is 0.814. The van der Waals surface area contributed by atoms with Crippen molar-refractivity contribution in [2.24, 2.45) is 0 Å². The van der Waals surface area contributed by atoms with E-state index in [-0.39, 0.29) is 22.9 Å². The summed E-state index contributed by atoms with van der Waals surface area (Å²) in [5, 5.41) is 11.7. The van der Waals surface area contributed by atoms with E-state index in [0.29, 0.717) is 5.69 Å². The third-order valence-corrected chi connectivity index (χ3v) is 5.35. The predicted octanol–water partition coefficient (Wildman–Crippen LogP) is 1.68. The number of thiazole rings is 1. The van der Waals surface area contributed by atoms with E-state index in [1.54, 1.807) is 6.20 Å². The fraction of sp³-hybridized carbons (Fsp3) is 0.231. The standard InChI is InChI=1S/C13H14N4O2S2/c1-9(13-16-4-5-20-13)8-17-21(18,19)12-3-2-11(15)6-10(12)7-14/h2-6,9,17H,8,15H2,1H3. The molecule has 0 radical (unpaired) electrons. The molecule has 0 aliphatic carbocycles. The number of nitriles is 1. The van der Waals surface area contributed by atoms with Gasteiger partial charge in [0.15, 0.2) is 0 Å². The first-order valence-electron chi connectivity index (χ1n) is 6.12. The SMILES string of the molecule is CC(CNS(=O)(=O)c1ccc(N)cc1C#N)c1nccs1. The first-order valence-corrected chi connectivity index (χ1v) is 8.49. The summed E-state index contributed by atoms with van der Waals surface area (Å²) in [5.41, 5.74) is 5.94. The molecule has 0 aliphatic heterocycles. The van der Waals surface area contributed by atoms with Crippen LogP contribution in [-0.4, -0.2) is 19.9 Å². The third kappa shape index (κ3) is 3.58. The molecule has 0 saturated heterocycles. The maximum absolute atomic E-state index is 12.3. The van der Waals surface area contributed by atoms with Crippen LogP contribution in [-0.2, 0) is 10.0 Å². The minimum atomic E-state index is -3.76. The summed E-state index contributed by atoms with van der Waals surface area (Å²) in [7, 11) is -3.76. The Morgan fingerprint density at radius 2 is 2.29 bits per heavy atom. The lowest BCUT2D eigenvalue weighted by Crippen LogP contribution is -2.28. The Morgan fingerprint density at radius 1 is 1.52 bits per heavy atom. The first kappa shape index (κ1) is 15.4. The highest BCUT2D eigenvalue weighted by atomic mass is 32.2. The summed E-state index contributed by atoms with van der Waals surface area (Å²) in [6.07, 6.45) is 1.68. The molecule has 3 N–H and O–H groups in total. The molecule has 2 rings (SSSR count). The molecule has 8 heteroatoms. The maximum Gasteiger partial charge on any atom is 0.241 e. The molecule has 110 valence electrons. The zero-order valence-electron chi connectivity index (χ0n) is 11.3. The number of rotatable bonds is 5. The van der Waals surface area contributed by atoms with Gasteiger partial charge in [0.05, 0.1) is 15.5 Å². The Hall–Kier alpha value is -1.95. The van der Waals surface area contributed by atoms with Crippen molar-refractivity contribution < 1.29 is 8.42 Å². The minimum Gasteiger partial charge on any atom is -0.399 e. The number of nitrogens with two attached hydrogens (primary N) is 1. The van der Waals surface area contributed by atoms with Crippen molar-refractivity contribution in [3.8, 4) is 6.07 Å². The minimum absolute atomic E-state index is 0.0319. The number of nitrogens with zero attached hydrogens (tertiary/aromatic N) is 2. The molecular weight excluding hydrogens is 308 g/mol. The number of hydrogen-bond acceptors (Lipinski definition) is 6. The number of benzene rings is 1. The molecular formula is C13H14N4O2S2. The fourth-order valence-corrected chi connectivity index (χ4v) is 3.71. The van der Waals surface area contributed by atoms with Crippen LogP contribution in [0.2, 0.25) is 0 Å². The molecule has 0 fully saturated rings. The van der Waals surface area contributed by atoms with Crippen LogP contribution in [0.5, 0.6) is 0 Å². The Balaban J connectivity index is 2.18. The largest absolute Gasteiger partial charge is 0.399 e. The molecule has 0 spiro atoms. The second-order valence-electron chi connectivity index (χ2n) is 4.49. The van der Waals surface area contributed by atoms with Crippen LogP contribution < -0.4 is 10.5 Å². The van der Waals surface area contributed by atoms with E-state index in [0.717, 1.165) is 5.01 Å². The molecule has 0 amide bonds. The van der Waals surface area contributed by atoms with Gasteiger partial charge in [-0.15, -0.1) is 11.3 Å². The second kappa shape index (κ2) is 6.22. The monoisotopic (exact) mass is 322 g/mol. The molecule has 21 heavy (non-hydrogen) atoms. The Morgan fingerprint density at radius 3 is 2.90 bits per heavy atom. The lowest BCUT2D eigenvalue weighted by atomic mass is 10.2. The number of aromatic nitrogens is 1. The Labute approximate surface area is 127 Å². The van der Waals surface area contributed by atoms with Crippen molar-refractivity contribution >= 4 is 27.0 Å². The van der Waals surface area contributed by atoms with Crippen LogP contribution in [0.1, 0.15) is 23.4 Å². The summed E-state index contributed by atoms with van der Waals surface area (Å²) in [6, 6.07) is 5.99. The number of sulfonamides is 1. The van der Waals surface area contributed by atoms with E-state index in [2.05, 4.69) is 9.71 Å². The van der Waals surface area contributed by atoms with Crippen LogP contribution in [0.3, 0.4) is 0 Å². The van der Waals surface area contributed by atoms with Crippen molar-refractivity contribution in [1.29, 1.82) is 5.26 Å². The van der Waals surface area contributed by atoms with Gasteiger partial charge in [0, 0.05) is 29.7 Å². The zero-order chi connectivity index (χ0) is 15.5. The lowest BCUT2D eigenvalue weighted by molar-refractivity contribution is 0.574. The van der Waals surface area contributed by atoms with E-state index in [9.17, 15) is 8.42 Å². The van der Waals surface area contributed by atoms with E-state index in [1.165, 1.54) is 29.5 Å². The van der Waals surface area contributed by atoms with E-state index < -0.39 is 10.0 Å². The topological polar surface area (TPSA) is 109 Å². The van der Waals surface area contributed by atoms with Crippen LogP contribution >= 0.6 is 11.3 Å². The summed E-state index contributed by atoms with van der Waals surface area (Å²) >= 11 is 1.47. The van der Waals surface area contributed by atoms with Crippen molar-refractivity contribution in [2.45, 2.75) is 17.7 Å². The molecule has 1 heterocycles. The van der Waals surface area contributed by atoms with Gasteiger partial charge >= 0.3 is 0 Å². The number of nitrogens with one attached hydrogen (secondary N) is 1. The van der Waals surface area contributed by atoms with Gasteiger partial charge in [-0.1, -0.05) is 6.92 Å². The van der Waals surface area contributed by atoms with Gasteiger partial charge in [-0.3, -0.25) is 0 Å². The number of hydrogen-bond donors (Lipinski definition) is 2. The fourth-order valence-electron chi connectivity index (χ4n) is 1.75. The van der Waals surface area contributed by atoms with Gasteiger partial charge in [0.2, 0.25) is 10.0 Å². The van der Waals surface area contributed by atoms with Crippen LogP contribution in [0, 0.1) is 11.3 Å². The van der Waals surface area contributed by atoms with E-state index >= 15 is 0 Å². The molecule has 1 aromatic carbocycles. The summed E-state index contributed by atoms with van der Waals surface area (Å²) in [4.78, 5) is 4.09. The summed E-state index contributed by atoms with van der Waals surface area (Å²) < 4.78 is 27.1. The summed E-state index contributed by atoms with van der Waals surface area (Å²) in [6.45, 7) is 2.10. The van der Waals surface area contributed by atoms with Gasteiger partial charge in [-0.25, -0.2) is 18.1 Å². The average molecular weight is 322 g/mol. The lowest BCUT2D eigenvalue weighted by Gasteiger charge is -2.12. The average Bonchev–Trinajstić information content (AvgIpc) is 2.98. The van der Waals surface area contributed by atoms with Crippen LogP contribution in [0.25, 0.3) is 0 Å². The van der Waals surface area contributed by atoms with Gasteiger partial charge in [0.25, 0.3) is 0 Å². The Kier molecular flexibility index (Phi) is 4.57. The highest BCUT2D eigenvalue weighted by Gasteiger charge is 2.20. The predicted molar refractivity (Wildman–Crippen MR) is 81.3 cm³/mol. The highest BCUT2D eigenvalue weighted by molar-refractivity contribution is 7.89. The first-order chi connectivity index (χ1) is 9.94. The summed E-state index contributed by atoms with van der Waals surface area (Å²) in [5.74, 6) is -0.0425. The third-order valence-electron chi connectivity index (χ3n) is 2.87. The normalized spacial score (nSPS) is 12.8. The van der Waals surface area contributed by atoms with Gasteiger partial charge < -0.3 is 5.73 Å². The molecule has 2 aromatic rings. The van der Waals surface area contributed by atoms with Crippen molar-refractivity contribution in [1.82, 2.24) is 9.71 Å². The Bertz CT molecular complexity index is 764. The van der Waals surface area contributed by atoms with Crippen molar-refractivity contribution in [3.63, 3.8) is 0 Å². The van der Waals surface area contributed by atoms with Gasteiger partial charge in [-0.05, 0) is 18.2 Å². The molecule has 1 atom stereocenters. The molecule has 0 saturated carbocycles. The van der Waals surface area contributed by atoms with E-state index in [1.807, 2.05) is 18.4 Å². The molecule has 6 nitrogen and oxygen atoms in total. The molecule has 0 bridgehead atoms. The second-order valence-corrected chi connectivity index (χ2v) is 7.15.